The lowest BCUT2D eigenvalue weighted by Crippen LogP contribution is -2.30. The van der Waals surface area contributed by atoms with Crippen LogP contribution in [0.25, 0.3) is 0 Å². The van der Waals surface area contributed by atoms with E-state index in [1.165, 1.54) is 5.56 Å². The lowest BCUT2D eigenvalue weighted by Gasteiger charge is -2.22. The molecule has 106 valence electrons. The van der Waals surface area contributed by atoms with Gasteiger partial charge in [-0.05, 0) is 44.2 Å². The van der Waals surface area contributed by atoms with Crippen LogP contribution in [0.15, 0.2) is 6.20 Å². The van der Waals surface area contributed by atoms with Crippen molar-refractivity contribution in [3.63, 3.8) is 0 Å². The number of hydrogen-bond acceptors (Lipinski definition) is 3. The molecule has 0 aromatic carbocycles. The van der Waals surface area contributed by atoms with Gasteiger partial charge >= 0.3 is 0 Å². The summed E-state index contributed by atoms with van der Waals surface area (Å²) in [4.78, 5) is 11.9. The standard InChI is InChI=1S/C14H24N4O/c15-9-4-2-1-3-8-13(19)17-12-7-5-6-11-10-16-18-14(11)12/h10,12H,1-9,15H2,(H,16,18)(H,17,19). The van der Waals surface area contributed by atoms with Gasteiger partial charge in [-0.2, -0.15) is 5.10 Å². The molecular formula is C14H24N4O. The molecule has 1 aromatic rings. The molecular weight excluding hydrogens is 240 g/mol. The van der Waals surface area contributed by atoms with Gasteiger partial charge in [0.05, 0.1) is 17.9 Å². The number of fused-ring (bicyclic) bond motifs is 1. The SMILES string of the molecule is NCCCCCCC(=O)NC1CCCc2cn[nH]c21. The Labute approximate surface area is 114 Å². The van der Waals surface area contributed by atoms with E-state index in [1.54, 1.807) is 0 Å². The highest BCUT2D eigenvalue weighted by Crippen LogP contribution is 2.27. The first kappa shape index (κ1) is 14.1. The fourth-order valence-electron chi connectivity index (χ4n) is 2.66. The van der Waals surface area contributed by atoms with Crippen molar-refractivity contribution in [2.75, 3.05) is 6.54 Å². The van der Waals surface area contributed by atoms with Crippen molar-refractivity contribution in [3.8, 4) is 0 Å². The molecule has 0 saturated heterocycles. The highest BCUT2D eigenvalue weighted by Gasteiger charge is 2.23. The number of amides is 1. The van der Waals surface area contributed by atoms with Gasteiger partial charge in [0.15, 0.2) is 0 Å². The number of aromatic amines is 1. The summed E-state index contributed by atoms with van der Waals surface area (Å²) in [7, 11) is 0. The summed E-state index contributed by atoms with van der Waals surface area (Å²) < 4.78 is 0. The van der Waals surface area contributed by atoms with E-state index >= 15 is 0 Å². The maximum atomic E-state index is 11.9. The Morgan fingerprint density at radius 3 is 3.11 bits per heavy atom. The number of rotatable bonds is 7. The molecule has 0 bridgehead atoms. The van der Waals surface area contributed by atoms with Crippen molar-refractivity contribution in [1.29, 1.82) is 0 Å². The predicted molar refractivity (Wildman–Crippen MR) is 74.5 cm³/mol. The Morgan fingerprint density at radius 1 is 1.42 bits per heavy atom. The first-order valence-electron chi connectivity index (χ1n) is 7.33. The molecule has 0 aliphatic heterocycles. The van der Waals surface area contributed by atoms with Crippen LogP contribution in [0.3, 0.4) is 0 Å². The molecule has 5 nitrogen and oxygen atoms in total. The van der Waals surface area contributed by atoms with Crippen LogP contribution in [0, 0.1) is 0 Å². The van der Waals surface area contributed by atoms with Gasteiger partial charge in [-0.1, -0.05) is 12.8 Å². The highest BCUT2D eigenvalue weighted by atomic mass is 16.1. The van der Waals surface area contributed by atoms with E-state index in [-0.39, 0.29) is 11.9 Å². The number of carbonyl (C=O) groups is 1. The summed E-state index contributed by atoms with van der Waals surface area (Å²) in [5.41, 5.74) is 7.79. The van der Waals surface area contributed by atoms with Crippen LogP contribution in [0.1, 0.15) is 62.2 Å². The maximum Gasteiger partial charge on any atom is 0.220 e. The second-order valence-corrected chi connectivity index (χ2v) is 5.27. The Kier molecular flexibility index (Phi) is 5.39. The Bertz CT molecular complexity index is 402. The average Bonchev–Trinajstić information content (AvgIpc) is 2.88. The lowest BCUT2D eigenvalue weighted by molar-refractivity contribution is -0.122. The van der Waals surface area contributed by atoms with Crippen LogP contribution in [0.5, 0.6) is 0 Å². The third-order valence-corrected chi connectivity index (χ3v) is 3.73. The van der Waals surface area contributed by atoms with Crippen molar-refractivity contribution >= 4 is 5.91 Å². The van der Waals surface area contributed by atoms with Gasteiger partial charge in [0.1, 0.15) is 0 Å². The van der Waals surface area contributed by atoms with Crippen LogP contribution in [0.4, 0.5) is 0 Å². The number of nitrogens with zero attached hydrogens (tertiary/aromatic N) is 1. The first-order valence-corrected chi connectivity index (χ1v) is 7.33. The number of nitrogens with two attached hydrogens (primary N) is 1. The molecule has 0 saturated carbocycles. The van der Waals surface area contributed by atoms with Crippen molar-refractivity contribution in [2.45, 2.75) is 57.4 Å². The number of hydrogen-bond donors (Lipinski definition) is 3. The fourth-order valence-corrected chi connectivity index (χ4v) is 2.66. The Balaban J connectivity index is 1.72. The summed E-state index contributed by atoms with van der Waals surface area (Å²) in [6, 6.07) is 0.128. The zero-order chi connectivity index (χ0) is 13.5. The zero-order valence-corrected chi connectivity index (χ0v) is 11.5. The Morgan fingerprint density at radius 2 is 2.26 bits per heavy atom. The molecule has 1 aromatic heterocycles. The van der Waals surface area contributed by atoms with E-state index in [1.807, 2.05) is 6.20 Å². The molecule has 0 radical (unpaired) electrons. The van der Waals surface area contributed by atoms with Gasteiger partial charge in [-0.25, -0.2) is 0 Å². The van der Waals surface area contributed by atoms with Gasteiger partial charge in [-0.3, -0.25) is 9.89 Å². The number of unbranched alkanes of at least 4 members (excludes halogenated alkanes) is 3. The van der Waals surface area contributed by atoms with E-state index in [0.29, 0.717) is 6.42 Å². The number of H-pyrrole nitrogens is 1. The monoisotopic (exact) mass is 264 g/mol. The van der Waals surface area contributed by atoms with E-state index in [0.717, 1.165) is 57.2 Å². The number of carbonyl (C=O) groups excluding carboxylic acids is 1. The summed E-state index contributed by atoms with van der Waals surface area (Å²) in [5.74, 6) is 0.153. The number of aromatic nitrogens is 2. The molecule has 5 heteroatoms. The van der Waals surface area contributed by atoms with Gasteiger partial charge in [-0.15, -0.1) is 0 Å². The molecule has 2 rings (SSSR count). The fraction of sp³-hybridized carbons (Fsp3) is 0.714. The molecule has 1 aliphatic carbocycles. The van der Waals surface area contributed by atoms with Gasteiger partial charge in [0, 0.05) is 6.42 Å². The zero-order valence-electron chi connectivity index (χ0n) is 11.5. The smallest absolute Gasteiger partial charge is 0.220 e. The molecule has 1 unspecified atom stereocenters. The second-order valence-electron chi connectivity index (χ2n) is 5.27. The first-order chi connectivity index (χ1) is 9.31. The largest absolute Gasteiger partial charge is 0.348 e. The van der Waals surface area contributed by atoms with Crippen LogP contribution in [-0.4, -0.2) is 22.6 Å². The third-order valence-electron chi connectivity index (χ3n) is 3.73. The minimum Gasteiger partial charge on any atom is -0.348 e. The second kappa shape index (κ2) is 7.28. The van der Waals surface area contributed by atoms with Gasteiger partial charge in [0.25, 0.3) is 0 Å². The Hall–Kier alpha value is -1.36. The van der Waals surface area contributed by atoms with Gasteiger partial charge in [0.2, 0.25) is 5.91 Å². The summed E-state index contributed by atoms with van der Waals surface area (Å²) in [6.45, 7) is 0.747. The molecule has 1 amide bonds. The third kappa shape index (κ3) is 4.06. The summed E-state index contributed by atoms with van der Waals surface area (Å²) in [6.07, 6.45) is 9.91. The lowest BCUT2D eigenvalue weighted by atomic mass is 9.93. The molecule has 4 N–H and O–H groups in total. The van der Waals surface area contributed by atoms with Crippen LogP contribution < -0.4 is 11.1 Å². The number of aryl methyl sites for hydroxylation is 1. The molecule has 1 heterocycles. The van der Waals surface area contributed by atoms with Crippen molar-refractivity contribution in [3.05, 3.63) is 17.5 Å². The normalized spacial score (nSPS) is 18.1. The molecule has 0 fully saturated rings. The van der Waals surface area contributed by atoms with Crippen LogP contribution in [-0.2, 0) is 11.2 Å². The summed E-state index contributed by atoms with van der Waals surface area (Å²) >= 11 is 0. The van der Waals surface area contributed by atoms with E-state index in [9.17, 15) is 4.79 Å². The topological polar surface area (TPSA) is 83.8 Å². The molecule has 1 aliphatic rings. The maximum absolute atomic E-state index is 11.9. The van der Waals surface area contributed by atoms with E-state index < -0.39 is 0 Å². The van der Waals surface area contributed by atoms with E-state index in [4.69, 9.17) is 5.73 Å². The highest BCUT2D eigenvalue weighted by molar-refractivity contribution is 5.76. The number of nitrogens with one attached hydrogen (secondary N) is 2. The molecule has 0 spiro atoms. The summed E-state index contributed by atoms with van der Waals surface area (Å²) in [5, 5.41) is 10.2. The van der Waals surface area contributed by atoms with Crippen molar-refractivity contribution < 1.29 is 4.79 Å². The molecule has 19 heavy (non-hydrogen) atoms. The van der Waals surface area contributed by atoms with Gasteiger partial charge < -0.3 is 11.1 Å². The average molecular weight is 264 g/mol. The van der Waals surface area contributed by atoms with Crippen LogP contribution in [0.2, 0.25) is 0 Å². The minimum atomic E-state index is 0.128. The van der Waals surface area contributed by atoms with Crippen molar-refractivity contribution in [1.82, 2.24) is 15.5 Å². The van der Waals surface area contributed by atoms with Crippen LogP contribution >= 0.6 is 0 Å². The van der Waals surface area contributed by atoms with E-state index in [2.05, 4.69) is 15.5 Å². The predicted octanol–water partition coefficient (Wildman–Crippen LogP) is 1.81. The minimum absolute atomic E-state index is 0.128. The quantitative estimate of drug-likeness (QED) is 0.657. The van der Waals surface area contributed by atoms with Crippen molar-refractivity contribution in [2.24, 2.45) is 5.73 Å². The molecule has 1 atom stereocenters.